The molecule has 1 N–H and O–H groups in total. The van der Waals surface area contributed by atoms with Crippen LogP contribution in [0.2, 0.25) is 0 Å². The topological polar surface area (TPSA) is 29.1 Å². The third kappa shape index (κ3) is 6.75. The van der Waals surface area contributed by atoms with E-state index >= 15 is 0 Å². The molecule has 0 heterocycles. The molecule has 0 bridgehead atoms. The fraction of sp³-hybridized carbons (Fsp3) is 0.667. The minimum Gasteiger partial charge on any atom is -0.313 e. The zero-order valence-electron chi connectivity index (χ0n) is 14.2. The first-order valence-electron chi connectivity index (χ1n) is 8.11. The molecule has 0 aliphatic rings. The molecule has 0 saturated carbocycles. The first kappa shape index (κ1) is 18.4. The molecule has 1 aromatic rings. The van der Waals surface area contributed by atoms with Crippen molar-refractivity contribution in [3.63, 3.8) is 0 Å². The molecule has 0 aliphatic carbocycles. The van der Waals surface area contributed by atoms with Crippen LogP contribution in [0, 0.1) is 19.8 Å². The van der Waals surface area contributed by atoms with Crippen LogP contribution in [0.15, 0.2) is 18.2 Å². The highest BCUT2D eigenvalue weighted by molar-refractivity contribution is 7.84. The van der Waals surface area contributed by atoms with Crippen molar-refractivity contribution in [2.45, 2.75) is 59.3 Å². The molecule has 120 valence electrons. The lowest BCUT2D eigenvalue weighted by molar-refractivity contribution is 0.394. The summed E-state index contributed by atoms with van der Waals surface area (Å²) in [7, 11) is -0.806. The van der Waals surface area contributed by atoms with Gasteiger partial charge in [-0.25, -0.2) is 0 Å². The van der Waals surface area contributed by atoms with Gasteiger partial charge in [-0.15, -0.1) is 0 Å². The van der Waals surface area contributed by atoms with Gasteiger partial charge in [0.2, 0.25) is 0 Å². The van der Waals surface area contributed by atoms with Crippen molar-refractivity contribution in [3.8, 4) is 0 Å². The van der Waals surface area contributed by atoms with Gasteiger partial charge >= 0.3 is 0 Å². The first-order chi connectivity index (χ1) is 9.96. The molecule has 0 aliphatic heterocycles. The van der Waals surface area contributed by atoms with Gasteiger partial charge < -0.3 is 5.32 Å². The highest BCUT2D eigenvalue weighted by Crippen LogP contribution is 2.14. The summed E-state index contributed by atoms with van der Waals surface area (Å²) in [6, 6.07) is 6.84. The summed E-state index contributed by atoms with van der Waals surface area (Å²) in [5.74, 6) is 1.99. The molecule has 1 aromatic carbocycles. The van der Waals surface area contributed by atoms with Gasteiger partial charge in [-0.3, -0.25) is 4.21 Å². The molecule has 0 fully saturated rings. The summed E-state index contributed by atoms with van der Waals surface area (Å²) in [4.78, 5) is 0. The van der Waals surface area contributed by atoms with Crippen LogP contribution in [-0.2, 0) is 16.6 Å². The zero-order valence-corrected chi connectivity index (χ0v) is 15.1. The van der Waals surface area contributed by atoms with E-state index in [2.05, 4.69) is 58.1 Å². The van der Waals surface area contributed by atoms with Crippen LogP contribution in [0.3, 0.4) is 0 Å². The predicted octanol–water partition coefficient (Wildman–Crippen LogP) is 3.97. The van der Waals surface area contributed by atoms with E-state index in [1.165, 1.54) is 16.7 Å². The van der Waals surface area contributed by atoms with E-state index in [0.29, 0.717) is 17.7 Å². The second-order valence-corrected chi connectivity index (χ2v) is 7.69. The molecule has 1 rings (SSSR count). The van der Waals surface area contributed by atoms with E-state index < -0.39 is 10.8 Å². The maximum atomic E-state index is 12.5. The molecular formula is C18H31NOS. The normalized spacial score (nSPS) is 15.7. The Bertz CT molecular complexity index is 438. The predicted molar refractivity (Wildman–Crippen MR) is 94.2 cm³/mol. The van der Waals surface area contributed by atoms with Gasteiger partial charge in [0.05, 0.1) is 0 Å². The molecular weight excluding hydrogens is 278 g/mol. The SMILES string of the molecule is CCCNC(CS(=O)Cc1cc(C)cc(C)c1)C(C)CC. The molecule has 3 atom stereocenters. The van der Waals surface area contributed by atoms with Gasteiger partial charge in [0.15, 0.2) is 0 Å². The number of rotatable bonds is 9. The van der Waals surface area contributed by atoms with Crippen molar-refractivity contribution in [1.29, 1.82) is 0 Å². The molecule has 0 radical (unpaired) electrons. The van der Waals surface area contributed by atoms with Crippen LogP contribution in [0.25, 0.3) is 0 Å². The summed E-state index contributed by atoms with van der Waals surface area (Å²) in [6.07, 6.45) is 2.25. The molecule has 3 heteroatoms. The first-order valence-corrected chi connectivity index (χ1v) is 9.60. The average Bonchev–Trinajstić information content (AvgIpc) is 2.41. The number of hydrogen-bond acceptors (Lipinski definition) is 2. The zero-order chi connectivity index (χ0) is 15.8. The van der Waals surface area contributed by atoms with Crippen molar-refractivity contribution in [3.05, 3.63) is 34.9 Å². The second-order valence-electron chi connectivity index (χ2n) is 6.19. The second kappa shape index (κ2) is 9.37. The minimum atomic E-state index is -0.806. The Balaban J connectivity index is 2.64. The Morgan fingerprint density at radius 3 is 2.29 bits per heavy atom. The Hall–Kier alpha value is -0.670. The van der Waals surface area contributed by atoms with E-state index in [0.717, 1.165) is 25.1 Å². The third-order valence-electron chi connectivity index (χ3n) is 3.96. The van der Waals surface area contributed by atoms with Crippen LogP contribution in [0.1, 0.15) is 50.3 Å². The van der Waals surface area contributed by atoms with Gasteiger partial charge in [-0.1, -0.05) is 56.5 Å². The Kier molecular flexibility index (Phi) is 8.20. The summed E-state index contributed by atoms with van der Waals surface area (Å²) in [6.45, 7) is 11.8. The molecule has 0 amide bonds. The molecule has 2 nitrogen and oxygen atoms in total. The summed E-state index contributed by atoms with van der Waals surface area (Å²) in [5, 5.41) is 3.57. The largest absolute Gasteiger partial charge is 0.313 e. The number of hydrogen-bond donors (Lipinski definition) is 1. The lowest BCUT2D eigenvalue weighted by Gasteiger charge is -2.24. The lowest BCUT2D eigenvalue weighted by Crippen LogP contribution is -2.40. The number of benzene rings is 1. The highest BCUT2D eigenvalue weighted by atomic mass is 32.2. The number of nitrogens with one attached hydrogen (secondary N) is 1. The van der Waals surface area contributed by atoms with Gasteiger partial charge in [0.1, 0.15) is 0 Å². The molecule has 0 saturated heterocycles. The summed E-state index contributed by atoms with van der Waals surface area (Å²) in [5.41, 5.74) is 3.71. The van der Waals surface area contributed by atoms with Crippen LogP contribution in [0.5, 0.6) is 0 Å². The Morgan fingerprint density at radius 1 is 1.14 bits per heavy atom. The molecule has 0 aromatic heterocycles. The van der Waals surface area contributed by atoms with Gasteiger partial charge in [0.25, 0.3) is 0 Å². The monoisotopic (exact) mass is 309 g/mol. The molecule has 3 unspecified atom stereocenters. The van der Waals surface area contributed by atoms with E-state index in [9.17, 15) is 4.21 Å². The average molecular weight is 310 g/mol. The smallest absolute Gasteiger partial charge is 0.0486 e. The Morgan fingerprint density at radius 2 is 1.76 bits per heavy atom. The number of aryl methyl sites for hydroxylation is 2. The van der Waals surface area contributed by atoms with Crippen LogP contribution < -0.4 is 5.32 Å². The van der Waals surface area contributed by atoms with Crippen molar-refractivity contribution in [2.24, 2.45) is 5.92 Å². The molecule has 0 spiro atoms. The fourth-order valence-corrected chi connectivity index (χ4v) is 4.14. The van der Waals surface area contributed by atoms with Gasteiger partial charge in [-0.2, -0.15) is 0 Å². The van der Waals surface area contributed by atoms with Crippen LogP contribution >= 0.6 is 0 Å². The molecule has 21 heavy (non-hydrogen) atoms. The van der Waals surface area contributed by atoms with Crippen LogP contribution in [-0.4, -0.2) is 22.5 Å². The summed E-state index contributed by atoms with van der Waals surface area (Å²) < 4.78 is 12.5. The fourth-order valence-electron chi connectivity index (χ4n) is 2.64. The van der Waals surface area contributed by atoms with Crippen molar-refractivity contribution >= 4 is 10.8 Å². The van der Waals surface area contributed by atoms with E-state index in [4.69, 9.17) is 0 Å². The Labute approximate surface area is 133 Å². The van der Waals surface area contributed by atoms with E-state index in [-0.39, 0.29) is 0 Å². The van der Waals surface area contributed by atoms with Crippen molar-refractivity contribution < 1.29 is 4.21 Å². The quantitative estimate of drug-likeness (QED) is 0.748. The van der Waals surface area contributed by atoms with Gasteiger partial charge in [0, 0.05) is 28.3 Å². The summed E-state index contributed by atoms with van der Waals surface area (Å²) >= 11 is 0. The standard InChI is InChI=1S/C18H31NOS/c1-6-8-19-18(16(5)7-2)13-21(20)12-17-10-14(3)9-15(4)11-17/h9-11,16,18-19H,6-8,12-13H2,1-5H3. The van der Waals surface area contributed by atoms with Crippen molar-refractivity contribution in [2.75, 3.05) is 12.3 Å². The third-order valence-corrected chi connectivity index (χ3v) is 5.35. The maximum Gasteiger partial charge on any atom is 0.0486 e. The maximum absolute atomic E-state index is 12.5. The highest BCUT2D eigenvalue weighted by Gasteiger charge is 2.18. The minimum absolute atomic E-state index is 0.363. The van der Waals surface area contributed by atoms with E-state index in [1.807, 2.05) is 0 Å². The van der Waals surface area contributed by atoms with Crippen molar-refractivity contribution in [1.82, 2.24) is 5.32 Å². The van der Waals surface area contributed by atoms with E-state index in [1.54, 1.807) is 0 Å². The lowest BCUT2D eigenvalue weighted by atomic mass is 10.0. The van der Waals surface area contributed by atoms with Crippen LogP contribution in [0.4, 0.5) is 0 Å². The van der Waals surface area contributed by atoms with Gasteiger partial charge in [-0.05, 0) is 38.3 Å².